The number of β-amino-alcohol motifs (C(OH)–C–C–N with tert-alkyl or cyclic N) is 1. The molecule has 1 aliphatic rings. The minimum Gasteiger partial charge on any atom is -0.396 e. The number of aromatic nitrogens is 1. The molecule has 1 aliphatic heterocycles. The highest BCUT2D eigenvalue weighted by Gasteiger charge is 2.32. The first kappa shape index (κ1) is 22.6. The Morgan fingerprint density at radius 1 is 1.33 bits per heavy atom. The number of aliphatic hydroxyl groups excluding tert-OH is 2. The molecule has 33 heavy (non-hydrogen) atoms. The number of rotatable bonds is 4. The van der Waals surface area contributed by atoms with Crippen molar-refractivity contribution < 1.29 is 23.8 Å². The van der Waals surface area contributed by atoms with Gasteiger partial charge in [-0.05, 0) is 24.5 Å². The SMILES string of the molecule is [B]c1c(F)c(N2CC(O)C2)c(C)c2c1c(=O)c(C(=O)N=O)cn2-c1cc(N)c(F)cc1CO. The Morgan fingerprint density at radius 3 is 2.58 bits per heavy atom. The third-order valence-corrected chi connectivity index (χ3v) is 5.75. The number of nitroso groups, excluding NO2 is 1. The van der Waals surface area contributed by atoms with Crippen LogP contribution in [0.3, 0.4) is 0 Å². The van der Waals surface area contributed by atoms with Crippen molar-refractivity contribution in [1.82, 2.24) is 4.57 Å². The number of halogens is 2. The van der Waals surface area contributed by atoms with E-state index in [-0.39, 0.29) is 46.8 Å². The van der Waals surface area contributed by atoms with Crippen molar-refractivity contribution in [3.8, 4) is 5.69 Å². The zero-order valence-corrected chi connectivity index (χ0v) is 17.3. The summed E-state index contributed by atoms with van der Waals surface area (Å²) >= 11 is 0. The minimum absolute atomic E-state index is 0.0340. The predicted molar refractivity (Wildman–Crippen MR) is 118 cm³/mol. The average Bonchev–Trinajstić information content (AvgIpc) is 2.77. The van der Waals surface area contributed by atoms with E-state index in [0.29, 0.717) is 0 Å². The maximum absolute atomic E-state index is 15.3. The van der Waals surface area contributed by atoms with Crippen LogP contribution in [0.5, 0.6) is 0 Å². The minimum atomic E-state index is -1.41. The molecular weight excluding hydrogens is 437 g/mol. The van der Waals surface area contributed by atoms with E-state index in [9.17, 15) is 29.1 Å². The molecule has 0 bridgehead atoms. The maximum Gasteiger partial charge on any atom is 0.322 e. The standard InChI is InChI=1S/C21H17BF2N4O5/c1-8-18-15(16(22)17(24)19(8)27-4-10(30)5-27)20(31)11(21(32)26-33)6-28(18)14-3-13(25)12(23)2-9(14)7-29/h2-3,6,10,29-30H,4-5,7,25H2,1H3. The monoisotopic (exact) mass is 454 g/mol. The summed E-state index contributed by atoms with van der Waals surface area (Å²) in [5.41, 5.74) is 3.55. The summed E-state index contributed by atoms with van der Waals surface area (Å²) < 4.78 is 30.6. The molecule has 168 valence electrons. The lowest BCUT2D eigenvalue weighted by atomic mass is 9.86. The molecule has 9 nitrogen and oxygen atoms in total. The van der Waals surface area contributed by atoms with Crippen LogP contribution in [0.4, 0.5) is 20.2 Å². The lowest BCUT2D eigenvalue weighted by Gasteiger charge is -2.39. The number of hydrogen-bond acceptors (Lipinski definition) is 7. The highest BCUT2D eigenvalue weighted by Crippen LogP contribution is 2.34. The van der Waals surface area contributed by atoms with Crippen molar-refractivity contribution in [3.05, 3.63) is 61.8 Å². The quantitative estimate of drug-likeness (QED) is 0.297. The van der Waals surface area contributed by atoms with Crippen LogP contribution in [0.15, 0.2) is 28.3 Å². The highest BCUT2D eigenvalue weighted by atomic mass is 19.1. The van der Waals surface area contributed by atoms with Gasteiger partial charge in [-0.3, -0.25) is 9.59 Å². The van der Waals surface area contributed by atoms with Gasteiger partial charge in [0.2, 0.25) is 5.43 Å². The molecule has 4 rings (SSSR count). The van der Waals surface area contributed by atoms with Crippen molar-refractivity contribution in [1.29, 1.82) is 0 Å². The Morgan fingerprint density at radius 2 is 2.00 bits per heavy atom. The maximum atomic E-state index is 15.3. The van der Waals surface area contributed by atoms with E-state index >= 15 is 4.39 Å². The van der Waals surface area contributed by atoms with Gasteiger partial charge >= 0.3 is 5.91 Å². The molecule has 0 aliphatic carbocycles. The first-order valence-electron chi connectivity index (χ1n) is 9.77. The van der Waals surface area contributed by atoms with Gasteiger partial charge in [0.15, 0.2) is 0 Å². The Bertz CT molecular complexity index is 1400. The summed E-state index contributed by atoms with van der Waals surface area (Å²) in [5.74, 6) is -3.15. The number of benzene rings is 2. The zero-order valence-electron chi connectivity index (χ0n) is 17.3. The van der Waals surface area contributed by atoms with E-state index in [1.807, 2.05) is 0 Å². The molecule has 1 saturated heterocycles. The molecular formula is C21H17BF2N4O5. The largest absolute Gasteiger partial charge is 0.396 e. The number of carbonyl (C=O) groups is 1. The summed E-state index contributed by atoms with van der Waals surface area (Å²) in [6.45, 7) is 1.12. The predicted octanol–water partition coefficient (Wildman–Crippen LogP) is 0.533. The average molecular weight is 454 g/mol. The molecule has 0 saturated carbocycles. The lowest BCUT2D eigenvalue weighted by Crippen LogP contribution is -2.52. The first-order chi connectivity index (χ1) is 15.6. The summed E-state index contributed by atoms with van der Waals surface area (Å²) in [7, 11) is 5.99. The smallest absolute Gasteiger partial charge is 0.322 e. The number of anilines is 2. The number of amides is 1. The molecule has 4 N–H and O–H groups in total. The Kier molecular flexibility index (Phi) is 5.50. The fraction of sp³-hybridized carbons (Fsp3) is 0.238. The van der Waals surface area contributed by atoms with Crippen LogP contribution in [0.2, 0.25) is 0 Å². The van der Waals surface area contributed by atoms with E-state index in [0.717, 1.165) is 12.3 Å². The lowest BCUT2D eigenvalue weighted by molar-refractivity contribution is 0.0999. The molecule has 0 unspecified atom stereocenters. The second-order valence-corrected chi connectivity index (χ2v) is 7.78. The van der Waals surface area contributed by atoms with E-state index < -0.39 is 52.1 Å². The fourth-order valence-electron chi connectivity index (χ4n) is 4.12. The number of aryl methyl sites for hydroxylation is 1. The number of nitrogen functional groups attached to an aromatic ring is 1. The summed E-state index contributed by atoms with van der Waals surface area (Å²) in [6.07, 6.45) is 0.332. The van der Waals surface area contributed by atoms with Crippen molar-refractivity contribution in [2.24, 2.45) is 5.18 Å². The van der Waals surface area contributed by atoms with Crippen LogP contribution >= 0.6 is 0 Å². The van der Waals surface area contributed by atoms with Crippen molar-refractivity contribution >= 4 is 41.5 Å². The van der Waals surface area contributed by atoms with E-state index in [4.69, 9.17) is 13.6 Å². The summed E-state index contributed by atoms with van der Waals surface area (Å²) in [4.78, 5) is 37.6. The van der Waals surface area contributed by atoms with Gasteiger partial charge in [-0.25, -0.2) is 8.78 Å². The van der Waals surface area contributed by atoms with Crippen LogP contribution in [0.1, 0.15) is 21.5 Å². The van der Waals surface area contributed by atoms with Crippen LogP contribution in [-0.2, 0) is 6.61 Å². The second kappa shape index (κ2) is 8.05. The molecule has 0 atom stereocenters. The molecule has 1 fully saturated rings. The van der Waals surface area contributed by atoms with Gasteiger partial charge in [0.1, 0.15) is 25.0 Å². The zero-order chi connectivity index (χ0) is 24.2. The molecule has 3 aromatic rings. The number of aliphatic hydroxyl groups is 2. The number of carbonyl (C=O) groups excluding carboxylic acids is 1. The van der Waals surface area contributed by atoms with E-state index in [1.165, 1.54) is 22.5 Å². The number of nitrogens with zero attached hydrogens (tertiary/aromatic N) is 3. The third-order valence-electron chi connectivity index (χ3n) is 5.75. The van der Waals surface area contributed by atoms with Gasteiger partial charge < -0.3 is 25.4 Å². The van der Waals surface area contributed by atoms with Gasteiger partial charge in [0.25, 0.3) is 0 Å². The van der Waals surface area contributed by atoms with Crippen LogP contribution < -0.4 is 21.5 Å². The summed E-state index contributed by atoms with van der Waals surface area (Å²) in [5, 5.41) is 21.3. The first-order valence-corrected chi connectivity index (χ1v) is 9.77. The fourth-order valence-corrected chi connectivity index (χ4v) is 4.12. The van der Waals surface area contributed by atoms with Gasteiger partial charge in [0.05, 0.1) is 35.3 Å². The third kappa shape index (κ3) is 3.38. The molecule has 1 aromatic heterocycles. The highest BCUT2D eigenvalue weighted by molar-refractivity contribution is 6.39. The molecule has 2 heterocycles. The summed E-state index contributed by atoms with van der Waals surface area (Å²) in [6, 6.07) is 2.14. The van der Waals surface area contributed by atoms with Gasteiger partial charge in [0, 0.05) is 41.0 Å². The number of nitrogens with two attached hydrogens (primary N) is 1. The number of pyridine rings is 1. The Hall–Kier alpha value is -3.64. The molecule has 0 spiro atoms. The van der Waals surface area contributed by atoms with Crippen molar-refractivity contribution in [3.63, 3.8) is 0 Å². The van der Waals surface area contributed by atoms with Gasteiger partial charge in [-0.2, -0.15) is 0 Å². The van der Waals surface area contributed by atoms with Crippen molar-refractivity contribution in [2.45, 2.75) is 19.6 Å². The topological polar surface area (TPSA) is 138 Å². The van der Waals surface area contributed by atoms with E-state index in [1.54, 1.807) is 0 Å². The van der Waals surface area contributed by atoms with Gasteiger partial charge in [-0.1, -0.05) is 0 Å². The Labute approximate surface area is 186 Å². The van der Waals surface area contributed by atoms with Crippen LogP contribution in [0.25, 0.3) is 16.6 Å². The number of hydrogen-bond donors (Lipinski definition) is 3. The number of fused-ring (bicyclic) bond motifs is 1. The van der Waals surface area contributed by atoms with Gasteiger partial charge in [-0.15, -0.1) is 4.91 Å². The Balaban J connectivity index is 2.21. The normalized spacial score (nSPS) is 13.9. The van der Waals surface area contributed by atoms with Crippen molar-refractivity contribution in [2.75, 3.05) is 23.7 Å². The van der Waals surface area contributed by atoms with Crippen LogP contribution in [0, 0.1) is 23.5 Å². The molecule has 1 amide bonds. The second-order valence-electron chi connectivity index (χ2n) is 7.78. The van der Waals surface area contributed by atoms with E-state index in [2.05, 4.69) is 5.18 Å². The molecule has 12 heteroatoms. The molecule has 2 radical (unpaired) electrons. The van der Waals surface area contributed by atoms with Crippen LogP contribution in [-0.4, -0.2) is 47.7 Å². The molecule has 2 aromatic carbocycles.